The third-order valence-electron chi connectivity index (χ3n) is 3.68. The summed E-state index contributed by atoms with van der Waals surface area (Å²) in [5, 5.41) is 19.9. The van der Waals surface area contributed by atoms with E-state index in [4.69, 9.17) is 26.4 Å². The van der Waals surface area contributed by atoms with E-state index in [0.717, 1.165) is 0 Å². The summed E-state index contributed by atoms with van der Waals surface area (Å²) < 4.78 is 5.26. The van der Waals surface area contributed by atoms with Gasteiger partial charge in [0, 0.05) is 0 Å². The van der Waals surface area contributed by atoms with Crippen molar-refractivity contribution in [3.05, 3.63) is 59.7 Å². The molecule has 1 atom stereocenters. The van der Waals surface area contributed by atoms with Gasteiger partial charge in [0.15, 0.2) is 5.96 Å². The molecule has 2 rings (SSSR count). The fourth-order valence-corrected chi connectivity index (χ4v) is 2.28. The number of guanidine groups is 1. The van der Waals surface area contributed by atoms with Crippen LogP contribution in [0, 0.1) is 0 Å². The Bertz CT molecular complexity index is 905. The molecular formula is C19H20N4O6. The predicted octanol–water partition coefficient (Wildman–Crippen LogP) is -0.0851. The van der Waals surface area contributed by atoms with Gasteiger partial charge in [-0.3, -0.25) is 4.79 Å². The number of carbonyl (C=O) groups excluding carboxylic acids is 2. The molecule has 0 fully saturated rings. The van der Waals surface area contributed by atoms with E-state index in [9.17, 15) is 14.4 Å². The number of ether oxygens (including phenoxy) is 1. The molecule has 0 aromatic heterocycles. The minimum Gasteiger partial charge on any atom is -0.480 e. The van der Waals surface area contributed by atoms with Crippen LogP contribution in [0.3, 0.4) is 0 Å². The van der Waals surface area contributed by atoms with Crippen molar-refractivity contribution in [3.63, 3.8) is 0 Å². The number of aliphatic imine (C=N–C) groups is 1. The van der Waals surface area contributed by atoms with Crippen LogP contribution in [0.15, 0.2) is 53.5 Å². The number of esters is 1. The maximum atomic E-state index is 12.2. The van der Waals surface area contributed by atoms with Gasteiger partial charge in [0.05, 0.1) is 24.3 Å². The zero-order chi connectivity index (χ0) is 21.4. The van der Waals surface area contributed by atoms with E-state index in [-0.39, 0.29) is 18.1 Å². The highest BCUT2D eigenvalue weighted by atomic mass is 16.5. The Morgan fingerprint density at radius 3 is 2.17 bits per heavy atom. The second-order valence-corrected chi connectivity index (χ2v) is 5.93. The Morgan fingerprint density at radius 2 is 1.66 bits per heavy atom. The highest BCUT2D eigenvalue weighted by molar-refractivity contribution is 5.91. The van der Waals surface area contributed by atoms with Gasteiger partial charge in [-0.2, -0.15) is 0 Å². The molecule has 0 saturated heterocycles. The summed E-state index contributed by atoms with van der Waals surface area (Å²) >= 11 is 0. The topological polar surface area (TPSA) is 177 Å². The maximum Gasteiger partial charge on any atom is 0.343 e. The van der Waals surface area contributed by atoms with E-state index in [0.29, 0.717) is 16.8 Å². The van der Waals surface area contributed by atoms with Crippen LogP contribution in [-0.4, -0.2) is 46.7 Å². The average Bonchev–Trinajstić information content (AvgIpc) is 2.67. The van der Waals surface area contributed by atoms with E-state index in [2.05, 4.69) is 10.3 Å². The first-order valence-electron chi connectivity index (χ1n) is 8.42. The van der Waals surface area contributed by atoms with E-state index >= 15 is 0 Å². The molecule has 0 saturated carbocycles. The minimum atomic E-state index is -1.36. The lowest BCUT2D eigenvalue weighted by Crippen LogP contribution is -2.43. The van der Waals surface area contributed by atoms with Crippen LogP contribution in [0.2, 0.25) is 0 Å². The number of carbonyl (C=O) groups is 3. The third-order valence-corrected chi connectivity index (χ3v) is 3.68. The summed E-state index contributed by atoms with van der Waals surface area (Å²) in [7, 11) is 0. The number of aliphatic carboxylic acids is 1. The Morgan fingerprint density at radius 1 is 1.03 bits per heavy atom. The molecule has 0 aliphatic heterocycles. The van der Waals surface area contributed by atoms with Crippen LogP contribution in [0.25, 0.3) is 0 Å². The number of nitrogens with one attached hydrogen (secondary N) is 1. The van der Waals surface area contributed by atoms with Crippen molar-refractivity contribution < 1.29 is 29.3 Å². The molecular weight excluding hydrogens is 380 g/mol. The zero-order valence-electron chi connectivity index (χ0n) is 15.2. The first-order chi connectivity index (χ1) is 13.8. The fourth-order valence-electron chi connectivity index (χ4n) is 2.28. The van der Waals surface area contributed by atoms with E-state index in [1.807, 2.05) is 0 Å². The molecule has 10 heteroatoms. The Hall–Kier alpha value is -3.92. The molecule has 0 radical (unpaired) electrons. The lowest BCUT2D eigenvalue weighted by Gasteiger charge is -2.11. The second kappa shape index (κ2) is 9.85. The molecule has 2 aromatic carbocycles. The number of nitrogens with zero attached hydrogens (tertiary/aromatic N) is 1. The molecule has 0 bridgehead atoms. The summed E-state index contributed by atoms with van der Waals surface area (Å²) in [6, 6.07) is 11.0. The van der Waals surface area contributed by atoms with Crippen LogP contribution >= 0.6 is 0 Å². The lowest BCUT2D eigenvalue weighted by atomic mass is 10.1. The van der Waals surface area contributed by atoms with Gasteiger partial charge in [0.25, 0.3) is 0 Å². The van der Waals surface area contributed by atoms with Crippen molar-refractivity contribution in [3.8, 4) is 5.75 Å². The minimum absolute atomic E-state index is 0.0930. The normalized spacial score (nSPS) is 11.2. The number of hydrogen-bond acceptors (Lipinski definition) is 6. The molecule has 0 unspecified atom stereocenters. The number of amides is 1. The van der Waals surface area contributed by atoms with Gasteiger partial charge in [-0.1, -0.05) is 12.1 Å². The summed E-state index contributed by atoms with van der Waals surface area (Å²) in [5.74, 6) is -2.29. The highest BCUT2D eigenvalue weighted by Crippen LogP contribution is 2.17. The van der Waals surface area contributed by atoms with E-state index < -0.39 is 30.5 Å². The van der Waals surface area contributed by atoms with E-state index in [1.165, 1.54) is 24.3 Å². The molecule has 7 N–H and O–H groups in total. The largest absolute Gasteiger partial charge is 0.480 e. The number of carboxylic acid groups (broad SMARTS) is 1. The molecule has 0 aliphatic carbocycles. The number of benzene rings is 2. The maximum absolute atomic E-state index is 12.2. The number of hydrogen-bond donors (Lipinski definition) is 5. The van der Waals surface area contributed by atoms with Gasteiger partial charge in [-0.25, -0.2) is 14.6 Å². The van der Waals surface area contributed by atoms with Gasteiger partial charge in [0.1, 0.15) is 11.8 Å². The molecule has 2 aromatic rings. The molecule has 1 amide bonds. The van der Waals surface area contributed by atoms with Gasteiger partial charge >= 0.3 is 11.9 Å². The summed E-state index contributed by atoms with van der Waals surface area (Å²) in [6.07, 6.45) is -0.0930. The number of carboxylic acids is 1. The fraction of sp³-hybridized carbons (Fsp3) is 0.158. The highest BCUT2D eigenvalue weighted by Gasteiger charge is 2.18. The second-order valence-electron chi connectivity index (χ2n) is 5.93. The lowest BCUT2D eigenvalue weighted by molar-refractivity contribution is -0.142. The van der Waals surface area contributed by atoms with Crippen molar-refractivity contribution in [1.29, 1.82) is 0 Å². The SMILES string of the molecule is NC(N)=Nc1ccc(C(=O)Oc2ccc(CC(=O)N[C@@H](CO)C(=O)O)cc2)cc1. The standard InChI is InChI=1S/C19H20N4O6/c20-19(21)22-13-5-3-12(4-6-13)18(28)29-14-7-1-11(2-8-14)9-16(25)23-15(10-24)17(26)27/h1-8,15,24H,9-10H2,(H,23,25)(H,26,27)(H4,20,21,22)/t15-/m0/s1. The number of rotatable bonds is 8. The van der Waals surface area contributed by atoms with Crippen LogP contribution in [0.5, 0.6) is 5.75 Å². The van der Waals surface area contributed by atoms with Crippen molar-refractivity contribution in [2.75, 3.05) is 6.61 Å². The summed E-state index contributed by atoms with van der Waals surface area (Å²) in [6.45, 7) is -0.705. The number of aliphatic hydroxyl groups is 1. The molecule has 152 valence electrons. The summed E-state index contributed by atoms with van der Waals surface area (Å²) in [5.41, 5.74) is 11.9. The van der Waals surface area contributed by atoms with Crippen molar-refractivity contribution >= 4 is 29.5 Å². The number of nitrogens with two attached hydrogens (primary N) is 2. The predicted molar refractivity (Wildman–Crippen MR) is 104 cm³/mol. The van der Waals surface area contributed by atoms with Crippen LogP contribution in [-0.2, 0) is 16.0 Å². The monoisotopic (exact) mass is 400 g/mol. The molecule has 29 heavy (non-hydrogen) atoms. The van der Waals surface area contributed by atoms with Crippen molar-refractivity contribution in [2.24, 2.45) is 16.5 Å². The van der Waals surface area contributed by atoms with Gasteiger partial charge in [-0.15, -0.1) is 0 Å². The first kappa shape index (κ1) is 21.4. The molecule has 10 nitrogen and oxygen atoms in total. The van der Waals surface area contributed by atoms with Gasteiger partial charge in [0.2, 0.25) is 5.91 Å². The molecule has 0 spiro atoms. The average molecular weight is 400 g/mol. The number of aliphatic hydroxyl groups excluding tert-OH is 1. The van der Waals surface area contributed by atoms with Gasteiger partial charge < -0.3 is 31.7 Å². The Kier molecular flexibility index (Phi) is 7.26. The molecule has 0 heterocycles. The Balaban J connectivity index is 1.94. The molecule has 0 aliphatic rings. The van der Waals surface area contributed by atoms with Crippen molar-refractivity contribution in [2.45, 2.75) is 12.5 Å². The Labute approximate surface area is 165 Å². The van der Waals surface area contributed by atoms with Crippen molar-refractivity contribution in [1.82, 2.24) is 5.32 Å². The smallest absolute Gasteiger partial charge is 0.343 e. The van der Waals surface area contributed by atoms with Crippen LogP contribution < -0.4 is 21.5 Å². The van der Waals surface area contributed by atoms with Crippen LogP contribution in [0.1, 0.15) is 15.9 Å². The van der Waals surface area contributed by atoms with Gasteiger partial charge in [-0.05, 0) is 42.0 Å². The zero-order valence-corrected chi connectivity index (χ0v) is 15.2. The van der Waals surface area contributed by atoms with E-state index in [1.54, 1.807) is 24.3 Å². The first-order valence-corrected chi connectivity index (χ1v) is 8.42. The third kappa shape index (κ3) is 6.63. The summed E-state index contributed by atoms with van der Waals surface area (Å²) in [4.78, 5) is 38.7. The van der Waals surface area contributed by atoms with Crippen LogP contribution in [0.4, 0.5) is 5.69 Å². The quantitative estimate of drug-likeness (QED) is 0.177.